The van der Waals surface area contributed by atoms with E-state index in [1.165, 1.54) is 6.92 Å². The van der Waals surface area contributed by atoms with Crippen LogP contribution in [-0.2, 0) is 14.3 Å². The third-order valence-electron chi connectivity index (χ3n) is 2.82. The molecule has 0 aliphatic carbocycles. The van der Waals surface area contributed by atoms with Gasteiger partial charge in [-0.25, -0.2) is 4.79 Å². The van der Waals surface area contributed by atoms with Gasteiger partial charge in [0.1, 0.15) is 0 Å². The molecule has 0 bridgehead atoms. The van der Waals surface area contributed by atoms with Gasteiger partial charge < -0.3 is 14.5 Å². The molecular formula is C15H29N2O3+. The number of rotatable bonds is 10. The molecule has 0 fully saturated rings. The van der Waals surface area contributed by atoms with Crippen molar-refractivity contribution >= 4 is 11.9 Å². The molecule has 0 aromatic carbocycles. The summed E-state index contributed by atoms with van der Waals surface area (Å²) in [5.74, 6) is -0.186. The highest BCUT2D eigenvalue weighted by molar-refractivity contribution is 5.72. The van der Waals surface area contributed by atoms with Gasteiger partial charge in [-0.2, -0.15) is 0 Å². The Bertz CT molecular complexity index is 325. The van der Waals surface area contributed by atoms with Crippen LogP contribution in [0.2, 0.25) is 0 Å². The van der Waals surface area contributed by atoms with Gasteiger partial charge in [0.15, 0.2) is 6.54 Å². The maximum absolute atomic E-state index is 11.7. The SMILES string of the molecule is CCC=CCCOC(=O)C[N+](C)(C)CCCNC(C)=O. The van der Waals surface area contributed by atoms with Crippen LogP contribution in [-0.4, -0.2) is 56.7 Å². The smallest absolute Gasteiger partial charge is 0.361 e. The van der Waals surface area contributed by atoms with E-state index in [1.807, 2.05) is 20.2 Å². The molecule has 0 aliphatic rings. The first-order chi connectivity index (χ1) is 9.37. The number of hydrogen-bond donors (Lipinski definition) is 1. The molecule has 116 valence electrons. The lowest BCUT2D eigenvalue weighted by Gasteiger charge is -2.28. The second-order valence-corrected chi connectivity index (χ2v) is 5.54. The maximum Gasteiger partial charge on any atom is 0.361 e. The fourth-order valence-electron chi connectivity index (χ4n) is 1.77. The Hall–Kier alpha value is -1.36. The van der Waals surface area contributed by atoms with Crippen molar-refractivity contribution in [2.75, 3.05) is 40.3 Å². The van der Waals surface area contributed by atoms with E-state index in [4.69, 9.17) is 4.74 Å². The largest absolute Gasteiger partial charge is 0.461 e. The van der Waals surface area contributed by atoms with E-state index in [0.29, 0.717) is 24.2 Å². The summed E-state index contributed by atoms with van der Waals surface area (Å²) in [5, 5.41) is 2.75. The van der Waals surface area contributed by atoms with Crippen LogP contribution in [0.25, 0.3) is 0 Å². The van der Waals surface area contributed by atoms with Gasteiger partial charge in [-0.3, -0.25) is 4.79 Å². The monoisotopic (exact) mass is 285 g/mol. The van der Waals surface area contributed by atoms with Crippen molar-refractivity contribution in [3.05, 3.63) is 12.2 Å². The van der Waals surface area contributed by atoms with Crippen LogP contribution >= 0.6 is 0 Å². The van der Waals surface area contributed by atoms with Crippen molar-refractivity contribution in [2.24, 2.45) is 0 Å². The summed E-state index contributed by atoms with van der Waals surface area (Å²) in [6.45, 7) is 5.85. The minimum absolute atomic E-state index is 0.0187. The quantitative estimate of drug-likeness (QED) is 0.286. The molecule has 0 aromatic heterocycles. The predicted octanol–water partition coefficient (Wildman–Crippen LogP) is 1.49. The number of nitrogens with one attached hydrogen (secondary N) is 1. The third kappa shape index (κ3) is 11.7. The van der Waals surface area contributed by atoms with Gasteiger partial charge in [0.2, 0.25) is 5.91 Å². The molecule has 0 unspecified atom stereocenters. The number of allylic oxidation sites excluding steroid dienone is 1. The molecule has 1 N–H and O–H groups in total. The summed E-state index contributed by atoms with van der Waals surface area (Å²) >= 11 is 0. The zero-order valence-electron chi connectivity index (χ0n) is 13.3. The molecule has 5 nitrogen and oxygen atoms in total. The molecule has 0 radical (unpaired) electrons. The third-order valence-corrected chi connectivity index (χ3v) is 2.82. The van der Waals surface area contributed by atoms with Gasteiger partial charge in [-0.1, -0.05) is 19.1 Å². The Balaban J connectivity index is 3.79. The lowest BCUT2D eigenvalue weighted by atomic mass is 10.3. The van der Waals surface area contributed by atoms with E-state index in [0.717, 1.165) is 25.8 Å². The number of nitrogens with zero attached hydrogens (tertiary/aromatic N) is 1. The summed E-state index contributed by atoms with van der Waals surface area (Å²) in [6.07, 6.45) is 6.72. The molecule has 20 heavy (non-hydrogen) atoms. The van der Waals surface area contributed by atoms with Crippen molar-refractivity contribution in [1.82, 2.24) is 5.32 Å². The van der Waals surface area contributed by atoms with Crippen molar-refractivity contribution in [1.29, 1.82) is 0 Å². The zero-order chi connectivity index (χ0) is 15.4. The highest BCUT2D eigenvalue weighted by atomic mass is 16.5. The van der Waals surface area contributed by atoms with Gasteiger partial charge >= 0.3 is 5.97 Å². The van der Waals surface area contributed by atoms with E-state index in [2.05, 4.69) is 18.3 Å². The Morgan fingerprint density at radius 3 is 2.55 bits per heavy atom. The van der Waals surface area contributed by atoms with Crippen molar-refractivity contribution < 1.29 is 18.8 Å². The molecule has 0 saturated carbocycles. The number of esters is 1. The lowest BCUT2D eigenvalue weighted by Crippen LogP contribution is -2.46. The second-order valence-electron chi connectivity index (χ2n) is 5.54. The molecule has 1 amide bonds. The first-order valence-electron chi connectivity index (χ1n) is 7.24. The van der Waals surface area contributed by atoms with Gasteiger partial charge in [0.25, 0.3) is 0 Å². The van der Waals surface area contributed by atoms with E-state index in [1.54, 1.807) is 0 Å². The number of hydrogen-bond acceptors (Lipinski definition) is 3. The summed E-state index contributed by atoms with van der Waals surface area (Å²) in [6, 6.07) is 0. The number of amides is 1. The van der Waals surface area contributed by atoms with Crippen molar-refractivity contribution in [2.45, 2.75) is 33.1 Å². The Morgan fingerprint density at radius 2 is 1.95 bits per heavy atom. The number of quaternary nitrogens is 1. The molecule has 0 aromatic rings. The number of ether oxygens (including phenoxy) is 1. The summed E-state index contributed by atoms with van der Waals surface area (Å²) in [5.41, 5.74) is 0. The van der Waals surface area contributed by atoms with Gasteiger partial charge in [-0.05, 0) is 12.8 Å². The molecule has 5 heteroatoms. The standard InChI is InChI=1S/C15H28N2O3/c1-5-6-7-8-12-20-15(19)13-17(3,4)11-9-10-16-14(2)18/h6-7H,5,8-13H2,1-4H3/p+1. The van der Waals surface area contributed by atoms with Crippen LogP contribution in [0.1, 0.15) is 33.1 Å². The lowest BCUT2D eigenvalue weighted by molar-refractivity contribution is -0.883. The Labute approximate surface area is 122 Å². The summed E-state index contributed by atoms with van der Waals surface area (Å²) < 4.78 is 5.77. The van der Waals surface area contributed by atoms with Crippen LogP contribution in [0, 0.1) is 0 Å². The number of likely N-dealkylation sites (N-methyl/N-ethyl adjacent to an activating group) is 1. The summed E-state index contributed by atoms with van der Waals surface area (Å²) in [4.78, 5) is 22.4. The maximum atomic E-state index is 11.7. The average molecular weight is 285 g/mol. The summed E-state index contributed by atoms with van der Waals surface area (Å²) in [7, 11) is 3.98. The van der Waals surface area contributed by atoms with Crippen LogP contribution in [0.3, 0.4) is 0 Å². The van der Waals surface area contributed by atoms with Crippen LogP contribution < -0.4 is 5.32 Å². The first-order valence-corrected chi connectivity index (χ1v) is 7.24. The highest BCUT2D eigenvalue weighted by Gasteiger charge is 2.20. The fourth-order valence-corrected chi connectivity index (χ4v) is 1.77. The van der Waals surface area contributed by atoms with E-state index < -0.39 is 0 Å². The van der Waals surface area contributed by atoms with E-state index >= 15 is 0 Å². The van der Waals surface area contributed by atoms with Crippen molar-refractivity contribution in [3.63, 3.8) is 0 Å². The normalized spacial score (nSPS) is 11.6. The Kier molecular flexibility index (Phi) is 9.72. The van der Waals surface area contributed by atoms with Gasteiger partial charge in [0.05, 0.1) is 27.2 Å². The molecule has 0 spiro atoms. The van der Waals surface area contributed by atoms with Crippen LogP contribution in [0.5, 0.6) is 0 Å². The van der Waals surface area contributed by atoms with E-state index in [9.17, 15) is 9.59 Å². The highest BCUT2D eigenvalue weighted by Crippen LogP contribution is 2.00. The number of carbonyl (C=O) groups is 2. The second kappa shape index (κ2) is 10.4. The molecule has 0 heterocycles. The molecular weight excluding hydrogens is 256 g/mol. The van der Waals surface area contributed by atoms with Gasteiger partial charge in [0, 0.05) is 19.9 Å². The van der Waals surface area contributed by atoms with Gasteiger partial charge in [-0.15, -0.1) is 0 Å². The minimum Gasteiger partial charge on any atom is -0.461 e. The predicted molar refractivity (Wildman–Crippen MR) is 80.2 cm³/mol. The average Bonchev–Trinajstić information content (AvgIpc) is 2.33. The molecule has 0 atom stereocenters. The Morgan fingerprint density at radius 1 is 1.25 bits per heavy atom. The number of carbonyl (C=O) groups excluding carboxylic acids is 2. The van der Waals surface area contributed by atoms with Crippen molar-refractivity contribution in [3.8, 4) is 0 Å². The zero-order valence-corrected chi connectivity index (χ0v) is 13.3. The minimum atomic E-state index is -0.167. The molecule has 0 saturated heterocycles. The fraction of sp³-hybridized carbons (Fsp3) is 0.733. The first kappa shape index (κ1) is 18.6. The molecule has 0 rings (SSSR count). The van der Waals surface area contributed by atoms with E-state index in [-0.39, 0.29) is 11.9 Å². The van der Waals surface area contributed by atoms with Crippen LogP contribution in [0.15, 0.2) is 12.2 Å². The van der Waals surface area contributed by atoms with Crippen LogP contribution in [0.4, 0.5) is 0 Å². The topological polar surface area (TPSA) is 55.4 Å². The molecule has 0 aliphatic heterocycles.